The highest BCUT2D eigenvalue weighted by atomic mass is 19.4. The Bertz CT molecular complexity index is 623. The molecule has 2 nitrogen and oxygen atoms in total. The summed E-state index contributed by atoms with van der Waals surface area (Å²) in [5.41, 5.74) is 5.64. The second-order valence-corrected chi connectivity index (χ2v) is 4.45. The van der Waals surface area contributed by atoms with E-state index in [0.717, 1.165) is 18.5 Å². The maximum absolute atomic E-state index is 13.2. The molecule has 1 aromatic heterocycles. The highest BCUT2D eigenvalue weighted by Crippen LogP contribution is 2.35. The zero-order chi connectivity index (χ0) is 14.9. The van der Waals surface area contributed by atoms with Crippen LogP contribution in [-0.2, 0) is 6.18 Å². The molecule has 0 radical (unpaired) electrons. The summed E-state index contributed by atoms with van der Waals surface area (Å²) in [6.07, 6.45) is -2.36. The van der Waals surface area contributed by atoms with Crippen LogP contribution in [0.4, 0.5) is 17.6 Å². The van der Waals surface area contributed by atoms with E-state index in [9.17, 15) is 17.6 Å². The van der Waals surface area contributed by atoms with Crippen LogP contribution in [0.3, 0.4) is 0 Å². The van der Waals surface area contributed by atoms with Gasteiger partial charge < -0.3 is 5.73 Å². The third-order valence-electron chi connectivity index (χ3n) is 3.03. The zero-order valence-electron chi connectivity index (χ0n) is 10.6. The molecule has 0 saturated heterocycles. The van der Waals surface area contributed by atoms with Crippen LogP contribution in [0.15, 0.2) is 36.7 Å². The number of benzene rings is 1. The summed E-state index contributed by atoms with van der Waals surface area (Å²) in [6, 6.07) is 3.87. The van der Waals surface area contributed by atoms with Crippen molar-refractivity contribution in [3.8, 4) is 0 Å². The molecule has 0 aliphatic heterocycles. The van der Waals surface area contributed by atoms with E-state index in [2.05, 4.69) is 4.98 Å². The lowest BCUT2D eigenvalue weighted by molar-refractivity contribution is -0.138. The van der Waals surface area contributed by atoms with Crippen LogP contribution in [-0.4, -0.2) is 4.98 Å². The summed E-state index contributed by atoms with van der Waals surface area (Å²) in [5, 5.41) is 0. The molecule has 0 aliphatic rings. The van der Waals surface area contributed by atoms with Crippen molar-refractivity contribution in [2.24, 2.45) is 5.73 Å². The standard InChI is InChI=1S/C14H12F4N2/c1-8-6-9(2-3-12(8)15)13(19)10-7-20-5-4-11(10)14(16,17)18/h2-7,13H,19H2,1H3. The molecule has 0 amide bonds. The molecule has 1 unspecified atom stereocenters. The maximum atomic E-state index is 13.2. The fraction of sp³-hybridized carbons (Fsp3) is 0.214. The molecule has 0 spiro atoms. The van der Waals surface area contributed by atoms with Crippen molar-refractivity contribution in [2.45, 2.75) is 19.1 Å². The molecule has 0 saturated carbocycles. The van der Waals surface area contributed by atoms with E-state index >= 15 is 0 Å². The third kappa shape index (κ3) is 2.80. The van der Waals surface area contributed by atoms with E-state index in [1.54, 1.807) is 0 Å². The molecule has 1 atom stereocenters. The summed E-state index contributed by atoms with van der Waals surface area (Å²) in [6.45, 7) is 1.53. The zero-order valence-corrected chi connectivity index (χ0v) is 10.6. The average Bonchev–Trinajstić information content (AvgIpc) is 2.40. The van der Waals surface area contributed by atoms with Crippen molar-refractivity contribution in [1.29, 1.82) is 0 Å². The van der Waals surface area contributed by atoms with Crippen LogP contribution in [0.5, 0.6) is 0 Å². The van der Waals surface area contributed by atoms with E-state index in [1.165, 1.54) is 25.1 Å². The summed E-state index contributed by atoms with van der Waals surface area (Å²) < 4.78 is 52.0. The molecule has 2 rings (SSSR count). The molecule has 2 N–H and O–H groups in total. The molecule has 1 heterocycles. The van der Waals surface area contributed by atoms with Crippen LogP contribution in [0.25, 0.3) is 0 Å². The van der Waals surface area contributed by atoms with E-state index in [0.29, 0.717) is 11.1 Å². The minimum Gasteiger partial charge on any atom is -0.320 e. The molecule has 0 bridgehead atoms. The van der Waals surface area contributed by atoms with Gasteiger partial charge in [0.15, 0.2) is 0 Å². The van der Waals surface area contributed by atoms with E-state index in [-0.39, 0.29) is 5.56 Å². The summed E-state index contributed by atoms with van der Waals surface area (Å²) >= 11 is 0. The first kappa shape index (κ1) is 14.5. The lowest BCUT2D eigenvalue weighted by atomic mass is 9.95. The van der Waals surface area contributed by atoms with Crippen molar-refractivity contribution >= 4 is 0 Å². The van der Waals surface area contributed by atoms with Gasteiger partial charge in [-0.25, -0.2) is 4.39 Å². The topological polar surface area (TPSA) is 38.9 Å². The second kappa shape index (κ2) is 5.20. The number of hydrogen-bond donors (Lipinski definition) is 1. The van der Waals surface area contributed by atoms with E-state index < -0.39 is 23.6 Å². The molecular weight excluding hydrogens is 272 g/mol. The number of hydrogen-bond acceptors (Lipinski definition) is 2. The Kier molecular flexibility index (Phi) is 3.76. The fourth-order valence-electron chi connectivity index (χ4n) is 1.95. The van der Waals surface area contributed by atoms with Gasteiger partial charge in [-0.3, -0.25) is 4.98 Å². The molecule has 0 fully saturated rings. The predicted octanol–water partition coefficient (Wildman–Crippen LogP) is 3.60. The number of nitrogens with zero attached hydrogens (tertiary/aromatic N) is 1. The smallest absolute Gasteiger partial charge is 0.320 e. The number of alkyl halides is 3. The highest BCUT2D eigenvalue weighted by Gasteiger charge is 2.34. The Morgan fingerprint density at radius 2 is 1.90 bits per heavy atom. The van der Waals surface area contributed by atoms with Gasteiger partial charge in [-0.15, -0.1) is 0 Å². The minimum atomic E-state index is -4.51. The van der Waals surface area contributed by atoms with E-state index in [4.69, 9.17) is 5.73 Å². The van der Waals surface area contributed by atoms with Crippen LogP contribution < -0.4 is 5.73 Å². The van der Waals surface area contributed by atoms with Crippen molar-refractivity contribution in [2.75, 3.05) is 0 Å². The number of rotatable bonds is 2. The largest absolute Gasteiger partial charge is 0.416 e. The third-order valence-corrected chi connectivity index (χ3v) is 3.03. The Morgan fingerprint density at radius 1 is 1.20 bits per heavy atom. The quantitative estimate of drug-likeness (QED) is 0.856. The van der Waals surface area contributed by atoms with Gasteiger partial charge in [0.25, 0.3) is 0 Å². The number of nitrogens with two attached hydrogens (primary N) is 1. The Labute approximate surface area is 113 Å². The molecule has 2 aromatic rings. The Hall–Kier alpha value is -1.95. The normalized spacial score (nSPS) is 13.3. The molecule has 6 heteroatoms. The molecule has 20 heavy (non-hydrogen) atoms. The highest BCUT2D eigenvalue weighted by molar-refractivity contribution is 5.38. The first-order valence-corrected chi connectivity index (χ1v) is 5.83. The molecular formula is C14H12F4N2. The van der Waals surface area contributed by atoms with Crippen molar-refractivity contribution in [3.05, 3.63) is 64.7 Å². The second-order valence-electron chi connectivity index (χ2n) is 4.45. The van der Waals surface area contributed by atoms with E-state index in [1.807, 2.05) is 0 Å². The fourth-order valence-corrected chi connectivity index (χ4v) is 1.95. The number of halogens is 4. The Balaban J connectivity index is 2.48. The SMILES string of the molecule is Cc1cc(C(N)c2cnccc2C(F)(F)F)ccc1F. The van der Waals surface area contributed by atoms with Gasteiger partial charge in [0.1, 0.15) is 5.82 Å². The van der Waals surface area contributed by atoms with Gasteiger partial charge in [-0.1, -0.05) is 12.1 Å². The molecule has 106 valence electrons. The van der Waals surface area contributed by atoms with Gasteiger partial charge >= 0.3 is 6.18 Å². The van der Waals surface area contributed by atoms with Crippen molar-refractivity contribution in [3.63, 3.8) is 0 Å². The minimum absolute atomic E-state index is 0.133. The average molecular weight is 284 g/mol. The van der Waals surface area contributed by atoms with Crippen molar-refractivity contribution in [1.82, 2.24) is 4.98 Å². The first-order valence-electron chi connectivity index (χ1n) is 5.83. The van der Waals surface area contributed by atoms with Gasteiger partial charge in [-0.05, 0) is 30.2 Å². The van der Waals surface area contributed by atoms with Crippen LogP contribution >= 0.6 is 0 Å². The van der Waals surface area contributed by atoms with Gasteiger partial charge in [-0.2, -0.15) is 13.2 Å². The summed E-state index contributed by atoms with van der Waals surface area (Å²) in [4.78, 5) is 3.69. The van der Waals surface area contributed by atoms with Crippen LogP contribution in [0, 0.1) is 12.7 Å². The summed E-state index contributed by atoms with van der Waals surface area (Å²) in [5.74, 6) is -0.428. The van der Waals surface area contributed by atoms with Crippen LogP contribution in [0.2, 0.25) is 0 Å². The predicted molar refractivity (Wildman–Crippen MR) is 66.4 cm³/mol. The first-order chi connectivity index (χ1) is 9.30. The molecule has 0 aliphatic carbocycles. The number of aryl methyl sites for hydroxylation is 1. The lowest BCUT2D eigenvalue weighted by Crippen LogP contribution is -2.19. The Morgan fingerprint density at radius 3 is 2.50 bits per heavy atom. The van der Waals surface area contributed by atoms with Gasteiger partial charge in [0.05, 0.1) is 11.6 Å². The maximum Gasteiger partial charge on any atom is 0.416 e. The summed E-state index contributed by atoms with van der Waals surface area (Å²) in [7, 11) is 0. The lowest BCUT2D eigenvalue weighted by Gasteiger charge is -2.18. The van der Waals surface area contributed by atoms with Crippen molar-refractivity contribution < 1.29 is 17.6 Å². The van der Waals surface area contributed by atoms with Gasteiger partial charge in [0.2, 0.25) is 0 Å². The number of aromatic nitrogens is 1. The van der Waals surface area contributed by atoms with Gasteiger partial charge in [0, 0.05) is 18.0 Å². The van der Waals surface area contributed by atoms with Crippen LogP contribution in [0.1, 0.15) is 28.3 Å². The monoisotopic (exact) mass is 284 g/mol. The molecule has 1 aromatic carbocycles. The number of pyridine rings is 1.